The standard InChI is InChI=1S/C16H26N2O2S/c1-12-6-5-11-18(14(12)3)21(19,20)16-9-7-15(8-10-16)13(2)17-4/h7-10,12-14,17H,5-6,11H2,1-4H3. The van der Waals surface area contributed by atoms with Crippen molar-refractivity contribution < 1.29 is 8.42 Å². The van der Waals surface area contributed by atoms with Gasteiger partial charge in [-0.2, -0.15) is 4.31 Å². The molecule has 21 heavy (non-hydrogen) atoms. The first-order valence-corrected chi connectivity index (χ1v) is 9.11. The molecule has 0 radical (unpaired) electrons. The summed E-state index contributed by atoms with van der Waals surface area (Å²) >= 11 is 0. The molecule has 0 bridgehead atoms. The smallest absolute Gasteiger partial charge is 0.243 e. The van der Waals surface area contributed by atoms with Gasteiger partial charge in [0.2, 0.25) is 10.0 Å². The van der Waals surface area contributed by atoms with Crippen LogP contribution >= 0.6 is 0 Å². The van der Waals surface area contributed by atoms with Gasteiger partial charge in [-0.25, -0.2) is 8.42 Å². The summed E-state index contributed by atoms with van der Waals surface area (Å²) in [7, 11) is -1.49. The highest BCUT2D eigenvalue weighted by Crippen LogP contribution is 2.29. The van der Waals surface area contributed by atoms with Crippen LogP contribution in [0, 0.1) is 5.92 Å². The molecule has 1 heterocycles. The van der Waals surface area contributed by atoms with Crippen molar-refractivity contribution in [2.75, 3.05) is 13.6 Å². The Labute approximate surface area is 128 Å². The molecule has 0 aromatic heterocycles. The summed E-state index contributed by atoms with van der Waals surface area (Å²) in [6, 6.07) is 7.53. The summed E-state index contributed by atoms with van der Waals surface area (Å²) in [6.45, 7) is 6.82. The Morgan fingerprint density at radius 1 is 1.24 bits per heavy atom. The van der Waals surface area contributed by atoms with Gasteiger partial charge in [-0.1, -0.05) is 19.1 Å². The molecular formula is C16H26N2O2S. The molecule has 4 nitrogen and oxygen atoms in total. The van der Waals surface area contributed by atoms with Crippen molar-refractivity contribution in [1.29, 1.82) is 0 Å². The third-order valence-electron chi connectivity index (χ3n) is 4.74. The lowest BCUT2D eigenvalue weighted by Gasteiger charge is -2.36. The fraction of sp³-hybridized carbons (Fsp3) is 0.625. The van der Waals surface area contributed by atoms with E-state index in [0.29, 0.717) is 17.4 Å². The molecule has 1 aliphatic heterocycles. The number of sulfonamides is 1. The summed E-state index contributed by atoms with van der Waals surface area (Å²) in [5.74, 6) is 0.414. The first kappa shape index (κ1) is 16.5. The third-order valence-corrected chi connectivity index (χ3v) is 6.74. The van der Waals surface area contributed by atoms with Crippen molar-refractivity contribution in [3.05, 3.63) is 29.8 Å². The van der Waals surface area contributed by atoms with E-state index in [-0.39, 0.29) is 12.1 Å². The van der Waals surface area contributed by atoms with Crippen LogP contribution in [-0.4, -0.2) is 32.4 Å². The van der Waals surface area contributed by atoms with E-state index in [1.807, 2.05) is 26.1 Å². The van der Waals surface area contributed by atoms with Gasteiger partial charge in [0, 0.05) is 18.6 Å². The van der Waals surface area contributed by atoms with Crippen LogP contribution in [0.3, 0.4) is 0 Å². The minimum absolute atomic E-state index is 0.0691. The first-order chi connectivity index (χ1) is 9.87. The summed E-state index contributed by atoms with van der Waals surface area (Å²) in [5, 5.41) is 3.16. The van der Waals surface area contributed by atoms with Crippen molar-refractivity contribution in [3.8, 4) is 0 Å². The Morgan fingerprint density at radius 2 is 1.86 bits per heavy atom. The maximum atomic E-state index is 12.8. The lowest BCUT2D eigenvalue weighted by atomic mass is 9.94. The first-order valence-electron chi connectivity index (χ1n) is 7.67. The second-order valence-corrected chi connectivity index (χ2v) is 7.95. The fourth-order valence-corrected chi connectivity index (χ4v) is 4.63. The molecule has 2 rings (SSSR count). The molecular weight excluding hydrogens is 284 g/mol. The molecule has 5 heteroatoms. The van der Waals surface area contributed by atoms with Crippen LogP contribution < -0.4 is 5.32 Å². The summed E-state index contributed by atoms with van der Waals surface area (Å²) in [4.78, 5) is 0.399. The van der Waals surface area contributed by atoms with Crippen LogP contribution in [0.2, 0.25) is 0 Å². The molecule has 1 aromatic rings. The van der Waals surface area contributed by atoms with Crippen molar-refractivity contribution in [2.24, 2.45) is 5.92 Å². The molecule has 1 aromatic carbocycles. The molecule has 0 aliphatic carbocycles. The van der Waals surface area contributed by atoms with Crippen LogP contribution in [0.15, 0.2) is 29.2 Å². The Kier molecular flexibility index (Phi) is 5.07. The highest BCUT2D eigenvalue weighted by Gasteiger charge is 2.34. The molecule has 1 saturated heterocycles. The van der Waals surface area contributed by atoms with Crippen molar-refractivity contribution in [2.45, 2.75) is 50.6 Å². The SMILES string of the molecule is CNC(C)c1ccc(S(=O)(=O)N2CCCC(C)C2C)cc1. The second kappa shape index (κ2) is 6.46. The van der Waals surface area contributed by atoms with Crippen LogP contribution in [0.1, 0.15) is 45.2 Å². The highest BCUT2D eigenvalue weighted by atomic mass is 32.2. The zero-order valence-corrected chi connectivity index (χ0v) is 14.2. The number of benzene rings is 1. The number of piperidine rings is 1. The predicted molar refractivity (Wildman–Crippen MR) is 85.7 cm³/mol. The molecule has 118 valence electrons. The van der Waals surface area contributed by atoms with Crippen molar-refractivity contribution in [1.82, 2.24) is 9.62 Å². The van der Waals surface area contributed by atoms with Crippen LogP contribution in [0.25, 0.3) is 0 Å². The molecule has 3 unspecified atom stereocenters. The van der Waals surface area contributed by atoms with Gasteiger partial charge in [0.05, 0.1) is 4.90 Å². The van der Waals surface area contributed by atoms with Crippen molar-refractivity contribution >= 4 is 10.0 Å². The Balaban J connectivity index is 2.27. The second-order valence-electron chi connectivity index (χ2n) is 6.06. The summed E-state index contributed by atoms with van der Waals surface area (Å²) in [6.07, 6.45) is 2.05. The quantitative estimate of drug-likeness (QED) is 0.930. The van der Waals surface area contributed by atoms with Gasteiger partial charge in [-0.15, -0.1) is 0 Å². The zero-order chi connectivity index (χ0) is 15.6. The molecule has 0 saturated carbocycles. The van der Waals surface area contributed by atoms with Crippen molar-refractivity contribution in [3.63, 3.8) is 0 Å². The predicted octanol–water partition coefficient (Wildman–Crippen LogP) is 2.78. The van der Waals surface area contributed by atoms with Gasteiger partial charge in [0.15, 0.2) is 0 Å². The zero-order valence-electron chi connectivity index (χ0n) is 13.3. The van der Waals surface area contributed by atoms with Gasteiger partial charge >= 0.3 is 0 Å². The van der Waals surface area contributed by atoms with E-state index in [9.17, 15) is 8.42 Å². The maximum absolute atomic E-state index is 12.8. The Morgan fingerprint density at radius 3 is 2.43 bits per heavy atom. The molecule has 0 spiro atoms. The van der Waals surface area contributed by atoms with Gasteiger partial charge in [-0.05, 0) is 57.4 Å². The van der Waals surface area contributed by atoms with E-state index >= 15 is 0 Å². The Hall–Kier alpha value is -0.910. The molecule has 3 atom stereocenters. The van der Waals surface area contributed by atoms with E-state index in [1.165, 1.54) is 0 Å². The molecule has 1 aliphatic rings. The molecule has 1 N–H and O–H groups in total. The highest BCUT2D eigenvalue weighted by molar-refractivity contribution is 7.89. The van der Waals surface area contributed by atoms with E-state index in [0.717, 1.165) is 18.4 Å². The lowest BCUT2D eigenvalue weighted by Crippen LogP contribution is -2.45. The van der Waals surface area contributed by atoms with Crippen LogP contribution in [0.4, 0.5) is 0 Å². The van der Waals surface area contributed by atoms with Gasteiger partial charge in [-0.3, -0.25) is 0 Å². The van der Waals surface area contributed by atoms with Gasteiger partial charge in [0.25, 0.3) is 0 Å². The van der Waals surface area contributed by atoms with E-state index < -0.39 is 10.0 Å². The largest absolute Gasteiger partial charge is 0.313 e. The maximum Gasteiger partial charge on any atom is 0.243 e. The third kappa shape index (κ3) is 3.30. The van der Waals surface area contributed by atoms with Crippen LogP contribution in [-0.2, 0) is 10.0 Å². The summed E-state index contributed by atoms with van der Waals surface area (Å²) in [5.41, 5.74) is 1.09. The number of hydrogen-bond donors (Lipinski definition) is 1. The van der Waals surface area contributed by atoms with E-state index in [4.69, 9.17) is 0 Å². The molecule has 1 fully saturated rings. The van der Waals surface area contributed by atoms with E-state index in [1.54, 1.807) is 16.4 Å². The Bertz CT molecular complexity index is 568. The molecule has 0 amide bonds. The van der Waals surface area contributed by atoms with E-state index in [2.05, 4.69) is 19.2 Å². The summed E-state index contributed by atoms with van der Waals surface area (Å²) < 4.78 is 27.3. The topological polar surface area (TPSA) is 49.4 Å². The van der Waals surface area contributed by atoms with Gasteiger partial charge < -0.3 is 5.32 Å². The normalized spacial score (nSPS) is 25.7. The lowest BCUT2D eigenvalue weighted by molar-refractivity contribution is 0.202. The monoisotopic (exact) mass is 310 g/mol. The minimum Gasteiger partial charge on any atom is -0.313 e. The van der Waals surface area contributed by atoms with Crippen LogP contribution in [0.5, 0.6) is 0 Å². The number of nitrogens with one attached hydrogen (secondary N) is 1. The number of rotatable bonds is 4. The number of nitrogens with zero attached hydrogens (tertiary/aromatic N) is 1. The minimum atomic E-state index is -3.38. The fourth-order valence-electron chi connectivity index (χ4n) is 2.87. The van der Waals surface area contributed by atoms with Gasteiger partial charge in [0.1, 0.15) is 0 Å². The average Bonchev–Trinajstić information content (AvgIpc) is 2.49. The average molecular weight is 310 g/mol. The number of hydrogen-bond acceptors (Lipinski definition) is 3.